The van der Waals surface area contributed by atoms with Crippen LogP contribution in [0.15, 0.2) is 180 Å². The largest absolute Gasteiger partial charge is 0.456 e. The molecule has 0 saturated carbocycles. The summed E-state index contributed by atoms with van der Waals surface area (Å²) in [4.78, 5) is 15.5. The van der Waals surface area contributed by atoms with Crippen LogP contribution in [0.5, 0.6) is 0 Å². The Morgan fingerprint density at radius 1 is 0.333 bits per heavy atom. The van der Waals surface area contributed by atoms with Crippen LogP contribution in [-0.2, 0) is 0 Å². The topological polar surface area (TPSA) is 51.8 Å². The van der Waals surface area contributed by atoms with Crippen molar-refractivity contribution in [1.82, 2.24) is 15.0 Å². The van der Waals surface area contributed by atoms with Crippen molar-refractivity contribution in [2.75, 3.05) is 0 Å². The summed E-state index contributed by atoms with van der Waals surface area (Å²) in [6, 6.07) is 60.7. The van der Waals surface area contributed by atoms with Crippen molar-refractivity contribution in [3.05, 3.63) is 176 Å². The third kappa shape index (κ3) is 5.04. The first-order valence-electron chi connectivity index (χ1n) is 17.1. The molecule has 0 radical (unpaired) electrons. The van der Waals surface area contributed by atoms with Crippen LogP contribution in [0.4, 0.5) is 0 Å². The van der Waals surface area contributed by atoms with Crippen LogP contribution < -0.4 is 0 Å². The third-order valence-electron chi connectivity index (χ3n) is 9.68. The molecule has 0 bridgehead atoms. The van der Waals surface area contributed by atoms with E-state index in [1.54, 1.807) is 0 Å². The second-order valence-electron chi connectivity index (χ2n) is 12.8. The van der Waals surface area contributed by atoms with E-state index in [0.717, 1.165) is 82.9 Å². The van der Waals surface area contributed by atoms with Crippen LogP contribution >= 0.6 is 0 Å². The highest BCUT2D eigenvalue weighted by molar-refractivity contribution is 6.28. The van der Waals surface area contributed by atoms with Gasteiger partial charge in [0, 0.05) is 49.2 Å². The first-order valence-corrected chi connectivity index (χ1v) is 17.1. The van der Waals surface area contributed by atoms with Gasteiger partial charge in [-0.2, -0.15) is 0 Å². The summed E-state index contributed by atoms with van der Waals surface area (Å²) in [5, 5.41) is 5.56. The van der Waals surface area contributed by atoms with Gasteiger partial charge in [0.15, 0.2) is 5.82 Å². The Morgan fingerprint density at radius 2 is 0.941 bits per heavy atom. The summed E-state index contributed by atoms with van der Waals surface area (Å²) in [7, 11) is 0. The molecule has 0 fully saturated rings. The Bertz CT molecular complexity index is 2900. The lowest BCUT2D eigenvalue weighted by atomic mass is 9.95. The van der Waals surface area contributed by atoms with E-state index in [0.29, 0.717) is 5.82 Å². The molecule has 51 heavy (non-hydrogen) atoms. The predicted molar refractivity (Wildman–Crippen MR) is 209 cm³/mol. The van der Waals surface area contributed by atoms with E-state index in [9.17, 15) is 0 Å². The fourth-order valence-electron chi connectivity index (χ4n) is 7.23. The van der Waals surface area contributed by atoms with Crippen molar-refractivity contribution in [1.29, 1.82) is 0 Å². The Labute approximate surface area is 294 Å². The molecule has 238 valence electrons. The van der Waals surface area contributed by atoms with Crippen molar-refractivity contribution in [3.8, 4) is 56.3 Å². The zero-order valence-corrected chi connectivity index (χ0v) is 27.5. The molecule has 4 nitrogen and oxygen atoms in total. The van der Waals surface area contributed by atoms with Crippen molar-refractivity contribution >= 4 is 43.6 Å². The SMILES string of the molecule is c1ccc(-c2ccc(-c3cc(-c4cccc(-c5nc6ccccc6c6c5ccc5oc7ccccc7c56)c4)nc(-c4ccccc4)n3)cc2)cc1. The Hall–Kier alpha value is -6.91. The van der Waals surface area contributed by atoms with E-state index < -0.39 is 0 Å². The van der Waals surface area contributed by atoms with Crippen LogP contribution in [0.3, 0.4) is 0 Å². The van der Waals surface area contributed by atoms with Gasteiger partial charge in [-0.15, -0.1) is 0 Å². The van der Waals surface area contributed by atoms with Gasteiger partial charge in [-0.05, 0) is 47.5 Å². The summed E-state index contributed by atoms with van der Waals surface area (Å²) in [6.07, 6.45) is 0. The predicted octanol–water partition coefficient (Wildman–Crippen LogP) is 12.4. The Morgan fingerprint density at radius 3 is 1.75 bits per heavy atom. The van der Waals surface area contributed by atoms with Crippen LogP contribution in [0.25, 0.3) is 99.9 Å². The van der Waals surface area contributed by atoms with Crippen molar-refractivity contribution in [2.45, 2.75) is 0 Å². The third-order valence-corrected chi connectivity index (χ3v) is 9.68. The van der Waals surface area contributed by atoms with E-state index >= 15 is 0 Å². The zero-order valence-electron chi connectivity index (χ0n) is 27.5. The number of aromatic nitrogens is 3. The number of rotatable bonds is 5. The molecule has 0 aliphatic heterocycles. The van der Waals surface area contributed by atoms with Crippen LogP contribution in [0.2, 0.25) is 0 Å². The first kappa shape index (κ1) is 29.0. The van der Waals surface area contributed by atoms with Gasteiger partial charge in [0.2, 0.25) is 0 Å². The average molecular weight is 652 g/mol. The molecule has 0 aliphatic rings. The molecular weight excluding hydrogens is 623 g/mol. The number of furan rings is 1. The second kappa shape index (κ2) is 11.9. The standard InChI is InChI=1S/C47H29N3O/c1-3-12-30(13-4-1)31-22-24-32(25-23-31)40-29-41(50-47(49-40)33-14-5-2-6-15-33)34-16-11-17-35(28-34)46-38-26-27-43-45(37-19-8-10-21-42(37)51-43)44(38)36-18-7-9-20-39(36)48-46/h1-29H. The molecule has 7 aromatic carbocycles. The highest BCUT2D eigenvalue weighted by atomic mass is 16.3. The van der Waals surface area contributed by atoms with E-state index in [1.807, 2.05) is 36.4 Å². The van der Waals surface area contributed by atoms with E-state index in [2.05, 4.69) is 140 Å². The van der Waals surface area contributed by atoms with E-state index in [4.69, 9.17) is 19.4 Å². The van der Waals surface area contributed by atoms with Crippen molar-refractivity contribution in [2.24, 2.45) is 0 Å². The molecule has 0 amide bonds. The number of pyridine rings is 1. The lowest BCUT2D eigenvalue weighted by Gasteiger charge is -2.13. The molecular formula is C47H29N3O. The molecule has 3 aromatic heterocycles. The minimum absolute atomic E-state index is 0.684. The molecule has 10 aromatic rings. The van der Waals surface area contributed by atoms with Gasteiger partial charge in [0.05, 0.1) is 22.6 Å². The number of benzene rings is 7. The maximum Gasteiger partial charge on any atom is 0.160 e. The fourth-order valence-corrected chi connectivity index (χ4v) is 7.23. The van der Waals surface area contributed by atoms with Gasteiger partial charge in [-0.25, -0.2) is 15.0 Å². The molecule has 0 saturated heterocycles. The molecule has 0 spiro atoms. The molecule has 3 heterocycles. The van der Waals surface area contributed by atoms with Gasteiger partial charge in [-0.3, -0.25) is 0 Å². The highest BCUT2D eigenvalue weighted by Gasteiger charge is 2.18. The minimum Gasteiger partial charge on any atom is -0.456 e. The average Bonchev–Trinajstić information content (AvgIpc) is 3.60. The molecule has 4 heteroatoms. The lowest BCUT2D eigenvalue weighted by Crippen LogP contribution is -1.96. The number of para-hydroxylation sites is 2. The molecule has 0 atom stereocenters. The maximum atomic E-state index is 6.32. The lowest BCUT2D eigenvalue weighted by molar-refractivity contribution is 0.669. The maximum absolute atomic E-state index is 6.32. The summed E-state index contributed by atoms with van der Waals surface area (Å²) >= 11 is 0. The molecule has 0 aliphatic carbocycles. The highest BCUT2D eigenvalue weighted by Crippen LogP contribution is 2.41. The number of hydrogen-bond donors (Lipinski definition) is 0. The number of hydrogen-bond acceptors (Lipinski definition) is 4. The molecule has 10 rings (SSSR count). The van der Waals surface area contributed by atoms with Gasteiger partial charge in [0.1, 0.15) is 11.2 Å². The van der Waals surface area contributed by atoms with Gasteiger partial charge in [-0.1, -0.05) is 140 Å². The number of fused-ring (bicyclic) bond motifs is 7. The quantitative estimate of drug-likeness (QED) is 0.174. The van der Waals surface area contributed by atoms with E-state index in [-0.39, 0.29) is 0 Å². The van der Waals surface area contributed by atoms with Gasteiger partial charge in [0.25, 0.3) is 0 Å². The summed E-state index contributed by atoms with van der Waals surface area (Å²) in [5.74, 6) is 0.684. The Kier molecular flexibility index (Phi) is 6.78. The van der Waals surface area contributed by atoms with Crippen LogP contribution in [-0.4, -0.2) is 15.0 Å². The summed E-state index contributed by atoms with van der Waals surface area (Å²) < 4.78 is 6.32. The van der Waals surface area contributed by atoms with Crippen LogP contribution in [0, 0.1) is 0 Å². The van der Waals surface area contributed by atoms with E-state index in [1.165, 1.54) is 11.1 Å². The normalized spacial score (nSPS) is 11.5. The fraction of sp³-hybridized carbons (Fsp3) is 0. The summed E-state index contributed by atoms with van der Waals surface area (Å²) in [6.45, 7) is 0. The Balaban J connectivity index is 1.15. The van der Waals surface area contributed by atoms with Crippen LogP contribution in [0.1, 0.15) is 0 Å². The minimum atomic E-state index is 0.684. The first-order chi connectivity index (χ1) is 25.3. The monoisotopic (exact) mass is 651 g/mol. The van der Waals surface area contributed by atoms with Crippen molar-refractivity contribution < 1.29 is 4.42 Å². The second-order valence-corrected chi connectivity index (χ2v) is 12.8. The van der Waals surface area contributed by atoms with Gasteiger partial charge >= 0.3 is 0 Å². The molecule has 0 N–H and O–H groups in total. The van der Waals surface area contributed by atoms with Gasteiger partial charge < -0.3 is 4.42 Å². The van der Waals surface area contributed by atoms with Crippen molar-refractivity contribution in [3.63, 3.8) is 0 Å². The molecule has 0 unspecified atom stereocenters. The smallest absolute Gasteiger partial charge is 0.160 e. The number of nitrogens with zero attached hydrogens (tertiary/aromatic N) is 3. The zero-order chi connectivity index (χ0) is 33.7. The summed E-state index contributed by atoms with van der Waals surface area (Å²) in [5.41, 5.74) is 11.7.